The molecule has 0 aliphatic carbocycles. The van der Waals surface area contributed by atoms with Gasteiger partial charge in [0.05, 0.1) is 13.2 Å². The van der Waals surface area contributed by atoms with Gasteiger partial charge < -0.3 is 20.1 Å². The average Bonchev–Trinajstić information content (AvgIpc) is 3.19. The highest BCUT2D eigenvalue weighted by atomic mass is 16.5. The molecule has 56 heavy (non-hydrogen) atoms. The van der Waals surface area contributed by atoms with Crippen LogP contribution in [0, 0.1) is 5.41 Å². The fourth-order valence-electron chi connectivity index (χ4n) is 7.45. The zero-order chi connectivity index (χ0) is 40.7. The Hall–Kier alpha value is -1.79. The lowest BCUT2D eigenvalue weighted by Crippen LogP contribution is -2.37. The fourth-order valence-corrected chi connectivity index (χ4v) is 7.45. The Morgan fingerprint density at radius 2 is 0.571 bits per heavy atom. The van der Waals surface area contributed by atoms with Crippen molar-refractivity contribution in [3.63, 3.8) is 0 Å². The maximum atomic E-state index is 12.0. The fraction of sp³-hybridized carbons (Fsp3) is 0.939. The number of rotatable bonds is 46. The number of carbonyl (C=O) groups excluding carboxylic acids is 2. The summed E-state index contributed by atoms with van der Waals surface area (Å²) in [5.41, 5.74) is 0. The highest BCUT2D eigenvalue weighted by Gasteiger charge is 2.05. The Morgan fingerprint density at radius 1 is 0.339 bits per heavy atom. The molecule has 0 aromatic heterocycles. The molecule has 332 valence electrons. The van der Waals surface area contributed by atoms with Crippen LogP contribution in [0.2, 0.25) is 0 Å². The van der Waals surface area contributed by atoms with Crippen molar-refractivity contribution in [1.82, 2.24) is 10.6 Å². The van der Waals surface area contributed by atoms with E-state index in [1.165, 1.54) is 167 Å². The van der Waals surface area contributed by atoms with Crippen LogP contribution >= 0.6 is 0 Å². The standard InChI is InChI=1S/C49H97N3O4/c1-3-5-7-9-11-13-15-17-19-21-23-25-27-29-35-41-47(53)55-45-39-33-31-37-43-51-49(50)52-44-38-32-34-40-46-56-48(54)42-36-30-28-26-24-22-20-18-16-14-12-10-8-6-4-2/h3-46H2,1-2H3,(H3,50,51,52). The number of unbranched alkanes of at least 4 members (excludes halogenated alkanes) is 34. The van der Waals surface area contributed by atoms with Gasteiger partial charge in [-0.3, -0.25) is 15.0 Å². The normalized spacial score (nSPS) is 11.2. The summed E-state index contributed by atoms with van der Waals surface area (Å²) in [6.07, 6.45) is 49.2. The molecule has 7 heteroatoms. The third-order valence-electron chi connectivity index (χ3n) is 11.2. The van der Waals surface area contributed by atoms with Gasteiger partial charge in [0.2, 0.25) is 0 Å². The maximum absolute atomic E-state index is 12.0. The monoisotopic (exact) mass is 792 g/mol. The topological polar surface area (TPSA) is 101 Å². The molecule has 0 rings (SSSR count). The summed E-state index contributed by atoms with van der Waals surface area (Å²) in [5.74, 6) is 0.320. The summed E-state index contributed by atoms with van der Waals surface area (Å²) in [6.45, 7) is 7.20. The molecule has 0 saturated carbocycles. The lowest BCUT2D eigenvalue weighted by Gasteiger charge is -2.10. The Labute approximate surface area is 349 Å². The zero-order valence-electron chi connectivity index (χ0n) is 37.7. The highest BCUT2D eigenvalue weighted by Crippen LogP contribution is 2.16. The average molecular weight is 792 g/mol. The lowest BCUT2D eigenvalue weighted by atomic mass is 10.0. The van der Waals surface area contributed by atoms with E-state index in [4.69, 9.17) is 14.9 Å². The Morgan fingerprint density at radius 3 is 0.857 bits per heavy atom. The first kappa shape index (κ1) is 54.2. The lowest BCUT2D eigenvalue weighted by molar-refractivity contribution is -0.144. The predicted molar refractivity (Wildman–Crippen MR) is 242 cm³/mol. The SMILES string of the molecule is CCCCCCCCCCCCCCCCCC(=O)OCCCCCCNC(=N)NCCCCCCOC(=O)CCCCCCCCCCCCCCCCC. The molecular weight excluding hydrogens is 695 g/mol. The van der Waals surface area contributed by atoms with Gasteiger partial charge in [-0.15, -0.1) is 0 Å². The van der Waals surface area contributed by atoms with Gasteiger partial charge in [-0.25, -0.2) is 0 Å². The molecule has 0 radical (unpaired) electrons. The molecule has 0 heterocycles. The molecule has 0 fully saturated rings. The third-order valence-corrected chi connectivity index (χ3v) is 11.2. The van der Waals surface area contributed by atoms with Gasteiger partial charge >= 0.3 is 11.9 Å². The van der Waals surface area contributed by atoms with Crippen molar-refractivity contribution in [2.75, 3.05) is 26.3 Å². The summed E-state index contributed by atoms with van der Waals surface area (Å²) in [5, 5.41) is 14.4. The van der Waals surface area contributed by atoms with E-state index >= 15 is 0 Å². The zero-order valence-corrected chi connectivity index (χ0v) is 37.7. The first-order chi connectivity index (χ1) is 27.6. The van der Waals surface area contributed by atoms with Crippen molar-refractivity contribution in [3.8, 4) is 0 Å². The summed E-state index contributed by atoms with van der Waals surface area (Å²) in [7, 11) is 0. The first-order valence-electron chi connectivity index (χ1n) is 25.0. The number of esters is 2. The molecule has 0 bridgehead atoms. The van der Waals surface area contributed by atoms with Crippen LogP contribution in [0.15, 0.2) is 0 Å². The van der Waals surface area contributed by atoms with Crippen LogP contribution in [-0.2, 0) is 19.1 Å². The summed E-state index contributed by atoms with van der Waals surface area (Å²) in [6, 6.07) is 0. The van der Waals surface area contributed by atoms with Crippen LogP contribution in [0.4, 0.5) is 0 Å². The number of guanidine groups is 1. The summed E-state index contributed by atoms with van der Waals surface area (Å²) in [4.78, 5) is 24.0. The third kappa shape index (κ3) is 46.6. The smallest absolute Gasteiger partial charge is 0.305 e. The molecule has 0 aromatic carbocycles. The van der Waals surface area contributed by atoms with E-state index < -0.39 is 0 Å². The van der Waals surface area contributed by atoms with E-state index in [0.717, 1.165) is 90.1 Å². The first-order valence-corrected chi connectivity index (χ1v) is 25.0. The number of carbonyl (C=O) groups is 2. The molecular formula is C49H97N3O4. The number of hydrogen-bond acceptors (Lipinski definition) is 5. The molecule has 0 amide bonds. The van der Waals surface area contributed by atoms with Crippen molar-refractivity contribution in [2.45, 2.75) is 271 Å². The van der Waals surface area contributed by atoms with Crippen LogP contribution in [0.5, 0.6) is 0 Å². The Bertz CT molecular complexity index is 759. The van der Waals surface area contributed by atoms with Gasteiger partial charge in [-0.2, -0.15) is 0 Å². The molecule has 3 N–H and O–H groups in total. The van der Waals surface area contributed by atoms with E-state index in [0.29, 0.717) is 32.0 Å². The molecule has 0 aliphatic rings. The molecule has 0 atom stereocenters. The summed E-state index contributed by atoms with van der Waals surface area (Å²) >= 11 is 0. The minimum absolute atomic E-state index is 0.0370. The van der Waals surface area contributed by atoms with Gasteiger partial charge in [0.1, 0.15) is 0 Å². The molecule has 0 unspecified atom stereocenters. The second-order valence-electron chi connectivity index (χ2n) is 16.9. The Kier molecular flexibility index (Phi) is 46.1. The number of hydrogen-bond donors (Lipinski definition) is 3. The van der Waals surface area contributed by atoms with E-state index in [9.17, 15) is 9.59 Å². The van der Waals surface area contributed by atoms with Gasteiger partial charge in [0.25, 0.3) is 0 Å². The van der Waals surface area contributed by atoms with Crippen LogP contribution in [0.1, 0.15) is 271 Å². The quantitative estimate of drug-likeness (QED) is 0.0246. The van der Waals surface area contributed by atoms with E-state index in [1.54, 1.807) is 0 Å². The van der Waals surface area contributed by atoms with E-state index in [-0.39, 0.29) is 11.9 Å². The van der Waals surface area contributed by atoms with Crippen molar-refractivity contribution in [2.24, 2.45) is 0 Å². The second kappa shape index (κ2) is 47.6. The van der Waals surface area contributed by atoms with E-state index in [1.807, 2.05) is 0 Å². The number of ether oxygens (including phenoxy) is 2. The van der Waals surface area contributed by atoms with Gasteiger partial charge in [0.15, 0.2) is 5.96 Å². The van der Waals surface area contributed by atoms with Crippen molar-refractivity contribution in [1.29, 1.82) is 5.41 Å². The van der Waals surface area contributed by atoms with Gasteiger partial charge in [-0.05, 0) is 51.4 Å². The molecule has 7 nitrogen and oxygen atoms in total. The van der Waals surface area contributed by atoms with Crippen molar-refractivity contribution in [3.05, 3.63) is 0 Å². The highest BCUT2D eigenvalue weighted by molar-refractivity contribution is 5.76. The van der Waals surface area contributed by atoms with Gasteiger partial charge in [-0.1, -0.05) is 206 Å². The van der Waals surface area contributed by atoms with Crippen LogP contribution < -0.4 is 10.6 Å². The largest absolute Gasteiger partial charge is 0.466 e. The van der Waals surface area contributed by atoms with Crippen LogP contribution in [0.25, 0.3) is 0 Å². The second-order valence-corrected chi connectivity index (χ2v) is 16.9. The van der Waals surface area contributed by atoms with Crippen molar-refractivity contribution < 1.29 is 19.1 Å². The maximum Gasteiger partial charge on any atom is 0.305 e. The van der Waals surface area contributed by atoms with Crippen LogP contribution in [-0.4, -0.2) is 44.2 Å². The predicted octanol–water partition coefficient (Wildman–Crippen LogP) is 14.8. The molecule has 0 aromatic rings. The summed E-state index contributed by atoms with van der Waals surface area (Å²) < 4.78 is 10.9. The minimum atomic E-state index is -0.0370. The molecule has 0 aliphatic heterocycles. The molecule has 0 spiro atoms. The number of nitrogens with one attached hydrogen (secondary N) is 3. The van der Waals surface area contributed by atoms with Gasteiger partial charge in [0, 0.05) is 25.9 Å². The molecule has 0 saturated heterocycles. The van der Waals surface area contributed by atoms with Crippen molar-refractivity contribution >= 4 is 17.9 Å². The van der Waals surface area contributed by atoms with Crippen LogP contribution in [0.3, 0.4) is 0 Å². The van der Waals surface area contributed by atoms with E-state index in [2.05, 4.69) is 24.5 Å². The Balaban J connectivity index is 3.30. The minimum Gasteiger partial charge on any atom is -0.466 e.